The fraction of sp³-hybridized carbons (Fsp3) is 0.500. The van der Waals surface area contributed by atoms with Crippen LogP contribution >= 0.6 is 7.60 Å². The van der Waals surface area contributed by atoms with Gasteiger partial charge in [-0.2, -0.15) is 0 Å². The lowest BCUT2D eigenvalue weighted by Crippen LogP contribution is -2.44. The summed E-state index contributed by atoms with van der Waals surface area (Å²) < 4.78 is 27.3. The Hall–Kier alpha value is -1.69. The predicted octanol–water partition coefficient (Wildman–Crippen LogP) is 2.15. The minimum absolute atomic E-state index is 0.162. The van der Waals surface area contributed by atoms with Crippen LogP contribution in [-0.2, 0) is 34.4 Å². The number of amides is 1. The molecule has 0 aliphatic rings. The van der Waals surface area contributed by atoms with Crippen LogP contribution in [-0.4, -0.2) is 44.4 Å². The molecule has 1 atom stereocenters. The maximum absolute atomic E-state index is 12.4. The molecule has 0 bridgehead atoms. The second-order valence-corrected chi connectivity index (χ2v) is 6.99. The number of carbonyl (C=O) groups excluding carboxylic acids is 2. The van der Waals surface area contributed by atoms with Gasteiger partial charge in [-0.25, -0.2) is 4.79 Å². The van der Waals surface area contributed by atoms with E-state index in [0.29, 0.717) is 0 Å². The Morgan fingerprint density at radius 1 is 1.12 bits per heavy atom. The fourth-order valence-electron chi connectivity index (χ4n) is 2.12. The first-order valence-electron chi connectivity index (χ1n) is 7.73. The van der Waals surface area contributed by atoms with Crippen molar-refractivity contribution >= 4 is 19.5 Å². The van der Waals surface area contributed by atoms with Gasteiger partial charge in [-0.15, -0.1) is 0 Å². The van der Waals surface area contributed by atoms with Crippen LogP contribution in [0.15, 0.2) is 30.3 Å². The molecule has 0 radical (unpaired) electrons. The summed E-state index contributed by atoms with van der Waals surface area (Å²) in [6, 6.07) is 8.34. The van der Waals surface area contributed by atoms with Crippen molar-refractivity contribution in [3.63, 3.8) is 0 Å². The summed E-state index contributed by atoms with van der Waals surface area (Å²) in [6.45, 7) is 3.65. The van der Waals surface area contributed by atoms with Crippen LogP contribution in [0, 0.1) is 0 Å². The summed E-state index contributed by atoms with van der Waals surface area (Å²) >= 11 is 0. The molecule has 1 aromatic carbocycles. The van der Waals surface area contributed by atoms with E-state index in [1.165, 1.54) is 7.11 Å². The number of hydrogen-bond acceptors (Lipinski definition) is 6. The second kappa shape index (κ2) is 10.2. The molecular weight excluding hydrogens is 333 g/mol. The molecule has 24 heavy (non-hydrogen) atoms. The van der Waals surface area contributed by atoms with Crippen LogP contribution in [0.25, 0.3) is 0 Å². The molecule has 0 aliphatic carbocycles. The average Bonchev–Trinajstić information content (AvgIpc) is 2.54. The minimum Gasteiger partial charge on any atom is -0.467 e. The molecule has 134 valence electrons. The van der Waals surface area contributed by atoms with Gasteiger partial charge in [0.2, 0.25) is 5.91 Å². The van der Waals surface area contributed by atoms with Gasteiger partial charge in [0.1, 0.15) is 12.2 Å². The molecule has 1 N–H and O–H groups in total. The monoisotopic (exact) mass is 357 g/mol. The van der Waals surface area contributed by atoms with Gasteiger partial charge in [-0.3, -0.25) is 9.36 Å². The maximum atomic E-state index is 12.4. The largest absolute Gasteiger partial charge is 0.467 e. The number of ether oxygens (including phenoxy) is 1. The van der Waals surface area contributed by atoms with E-state index in [-0.39, 0.29) is 19.6 Å². The summed E-state index contributed by atoms with van der Waals surface area (Å²) in [5.41, 5.74) is 0.867. The molecule has 0 unspecified atom stereocenters. The molecule has 0 fully saturated rings. The Balaban J connectivity index is 2.76. The van der Waals surface area contributed by atoms with Crippen molar-refractivity contribution in [3.05, 3.63) is 35.9 Å². The molecule has 0 heterocycles. The van der Waals surface area contributed by atoms with E-state index in [4.69, 9.17) is 13.8 Å². The van der Waals surface area contributed by atoms with Crippen LogP contribution in [0.4, 0.5) is 0 Å². The summed E-state index contributed by atoms with van der Waals surface area (Å²) in [5.74, 6) is -1.17. The Morgan fingerprint density at radius 3 is 2.21 bits per heavy atom. The van der Waals surface area contributed by atoms with E-state index >= 15 is 0 Å². The number of benzene rings is 1. The Kier molecular flexibility index (Phi) is 8.68. The van der Waals surface area contributed by atoms with Gasteiger partial charge >= 0.3 is 13.6 Å². The van der Waals surface area contributed by atoms with Gasteiger partial charge in [-0.1, -0.05) is 30.3 Å². The molecule has 1 aromatic rings. The van der Waals surface area contributed by atoms with E-state index < -0.39 is 31.7 Å². The zero-order valence-corrected chi connectivity index (χ0v) is 15.1. The van der Waals surface area contributed by atoms with Gasteiger partial charge in [-0.05, 0) is 19.4 Å². The normalized spacial score (nSPS) is 12.5. The molecule has 1 amide bonds. The molecule has 7 nitrogen and oxygen atoms in total. The van der Waals surface area contributed by atoms with Crippen LogP contribution in [0.1, 0.15) is 19.4 Å². The van der Waals surface area contributed by atoms with Gasteiger partial charge < -0.3 is 19.1 Å². The van der Waals surface area contributed by atoms with E-state index in [9.17, 15) is 14.2 Å². The van der Waals surface area contributed by atoms with Crippen molar-refractivity contribution in [2.45, 2.75) is 26.3 Å². The quantitative estimate of drug-likeness (QED) is 0.510. The molecule has 0 aromatic heterocycles. The molecule has 0 saturated heterocycles. The number of carbonyl (C=O) groups is 2. The van der Waals surface area contributed by atoms with Gasteiger partial charge in [0.15, 0.2) is 0 Å². The van der Waals surface area contributed by atoms with Crippen LogP contribution in [0.2, 0.25) is 0 Å². The lowest BCUT2D eigenvalue weighted by Gasteiger charge is -2.20. The molecule has 0 spiro atoms. The topological polar surface area (TPSA) is 90.9 Å². The predicted molar refractivity (Wildman–Crippen MR) is 89.8 cm³/mol. The highest BCUT2D eigenvalue weighted by molar-refractivity contribution is 7.54. The average molecular weight is 357 g/mol. The first kappa shape index (κ1) is 20.4. The van der Waals surface area contributed by atoms with Crippen LogP contribution < -0.4 is 5.32 Å². The van der Waals surface area contributed by atoms with Crippen molar-refractivity contribution in [2.24, 2.45) is 0 Å². The van der Waals surface area contributed by atoms with E-state index in [1.807, 2.05) is 30.3 Å². The SMILES string of the molecule is CCOP(=O)(CC(=O)N[C@@H](Cc1ccccc1)C(=O)OC)OCC. The zero-order valence-electron chi connectivity index (χ0n) is 14.2. The molecular formula is C16H24NO6P. The third-order valence-corrected chi connectivity index (χ3v) is 5.07. The van der Waals surface area contributed by atoms with Crippen molar-refractivity contribution in [2.75, 3.05) is 26.5 Å². The molecule has 0 saturated carbocycles. The number of esters is 1. The molecule has 1 rings (SSSR count). The first-order valence-corrected chi connectivity index (χ1v) is 9.46. The number of rotatable bonds is 10. The van der Waals surface area contributed by atoms with E-state index in [0.717, 1.165) is 5.56 Å². The van der Waals surface area contributed by atoms with Crippen molar-refractivity contribution in [1.82, 2.24) is 5.32 Å². The highest BCUT2D eigenvalue weighted by atomic mass is 31.2. The standard InChI is InChI=1S/C16H24NO6P/c1-4-22-24(20,23-5-2)12-15(18)17-14(16(19)21-3)11-13-9-7-6-8-10-13/h6-10,14H,4-5,11-12H2,1-3H3,(H,17,18)/t14-/m0/s1. The summed E-state index contributed by atoms with van der Waals surface area (Å²) in [5, 5.41) is 2.54. The lowest BCUT2D eigenvalue weighted by molar-refractivity contribution is -0.144. The van der Waals surface area contributed by atoms with Gasteiger partial charge in [0.25, 0.3) is 0 Å². The summed E-state index contributed by atoms with van der Waals surface area (Å²) in [7, 11) is -2.27. The van der Waals surface area contributed by atoms with Crippen LogP contribution in [0.5, 0.6) is 0 Å². The number of hydrogen-bond donors (Lipinski definition) is 1. The summed E-state index contributed by atoms with van der Waals surface area (Å²) in [4.78, 5) is 24.1. The van der Waals surface area contributed by atoms with E-state index in [2.05, 4.69) is 5.32 Å². The highest BCUT2D eigenvalue weighted by Gasteiger charge is 2.30. The minimum atomic E-state index is -3.52. The first-order chi connectivity index (χ1) is 11.4. The van der Waals surface area contributed by atoms with E-state index in [1.54, 1.807) is 13.8 Å². The Morgan fingerprint density at radius 2 is 1.71 bits per heavy atom. The van der Waals surface area contributed by atoms with Crippen molar-refractivity contribution in [1.29, 1.82) is 0 Å². The zero-order chi connectivity index (χ0) is 18.0. The lowest BCUT2D eigenvalue weighted by atomic mass is 10.1. The smallest absolute Gasteiger partial charge is 0.340 e. The van der Waals surface area contributed by atoms with Gasteiger partial charge in [0, 0.05) is 6.42 Å². The third kappa shape index (κ3) is 6.83. The maximum Gasteiger partial charge on any atom is 0.340 e. The second-order valence-electron chi connectivity index (χ2n) is 4.94. The van der Waals surface area contributed by atoms with Crippen molar-refractivity contribution in [3.8, 4) is 0 Å². The fourth-order valence-corrected chi connectivity index (χ4v) is 3.61. The summed E-state index contributed by atoms with van der Waals surface area (Å²) in [6.07, 6.45) is -0.177. The van der Waals surface area contributed by atoms with Crippen molar-refractivity contribution < 1.29 is 27.9 Å². The highest BCUT2D eigenvalue weighted by Crippen LogP contribution is 2.47. The number of methoxy groups -OCH3 is 1. The Labute approximate surface area is 142 Å². The number of nitrogens with one attached hydrogen (secondary N) is 1. The molecule has 0 aliphatic heterocycles. The van der Waals surface area contributed by atoms with Crippen LogP contribution in [0.3, 0.4) is 0 Å². The Bertz CT molecular complexity index is 567. The molecule has 8 heteroatoms. The third-order valence-electron chi connectivity index (χ3n) is 3.09. The van der Waals surface area contributed by atoms with Gasteiger partial charge in [0.05, 0.1) is 20.3 Å².